The Bertz CT molecular complexity index is 605. The second-order valence-electron chi connectivity index (χ2n) is 6.29. The molecule has 0 radical (unpaired) electrons. The molecule has 1 aromatic heterocycles. The summed E-state index contributed by atoms with van der Waals surface area (Å²) in [5.41, 5.74) is 9.38. The number of aryl methyl sites for hydroxylation is 2. The molecule has 1 heterocycles. The summed E-state index contributed by atoms with van der Waals surface area (Å²) in [6.07, 6.45) is 0.714. The first kappa shape index (κ1) is 14.7. The second-order valence-corrected chi connectivity index (χ2v) is 6.29. The maximum atomic E-state index is 5.58. The van der Waals surface area contributed by atoms with Gasteiger partial charge in [-0.3, -0.25) is 0 Å². The Balaban J connectivity index is 2.51. The monoisotopic (exact) mass is 272 g/mol. The van der Waals surface area contributed by atoms with Gasteiger partial charge in [0.15, 0.2) is 11.6 Å². The highest BCUT2D eigenvalue weighted by Gasteiger charge is 2.17. The molecule has 2 N–H and O–H groups in total. The van der Waals surface area contributed by atoms with Crippen molar-refractivity contribution in [3.63, 3.8) is 0 Å². The van der Waals surface area contributed by atoms with E-state index in [1.807, 2.05) is 11.7 Å². The molecule has 4 heteroatoms. The zero-order valence-electron chi connectivity index (χ0n) is 13.1. The fourth-order valence-corrected chi connectivity index (χ4v) is 2.24. The highest BCUT2D eigenvalue weighted by Crippen LogP contribution is 2.29. The standard InChI is InChI=1S/C16H24N4/c1-11-6-7-12(16(2,3)4)10-13(11)15-18-14(8-9-17)19-20(15)5/h6-7,10H,8-9,17H2,1-5H3. The van der Waals surface area contributed by atoms with Gasteiger partial charge < -0.3 is 5.73 Å². The zero-order valence-corrected chi connectivity index (χ0v) is 13.1. The minimum atomic E-state index is 0.126. The van der Waals surface area contributed by atoms with Gasteiger partial charge >= 0.3 is 0 Å². The average Bonchev–Trinajstić information content (AvgIpc) is 2.70. The van der Waals surface area contributed by atoms with E-state index in [2.05, 4.69) is 56.0 Å². The summed E-state index contributed by atoms with van der Waals surface area (Å²) >= 11 is 0. The summed E-state index contributed by atoms with van der Waals surface area (Å²) in [6, 6.07) is 6.58. The minimum absolute atomic E-state index is 0.126. The van der Waals surface area contributed by atoms with E-state index in [-0.39, 0.29) is 5.41 Å². The molecule has 0 saturated heterocycles. The molecule has 0 bridgehead atoms. The molecule has 2 aromatic rings. The molecule has 1 aromatic carbocycles. The lowest BCUT2D eigenvalue weighted by Gasteiger charge is -2.20. The molecule has 4 nitrogen and oxygen atoms in total. The number of aromatic nitrogens is 3. The van der Waals surface area contributed by atoms with Gasteiger partial charge in [0, 0.05) is 19.0 Å². The molecule has 0 unspecified atom stereocenters. The van der Waals surface area contributed by atoms with Gasteiger partial charge in [-0.25, -0.2) is 9.67 Å². The van der Waals surface area contributed by atoms with Crippen LogP contribution in [0, 0.1) is 6.92 Å². The van der Waals surface area contributed by atoms with E-state index in [0.717, 1.165) is 17.2 Å². The Morgan fingerprint density at radius 1 is 1.25 bits per heavy atom. The summed E-state index contributed by atoms with van der Waals surface area (Å²) < 4.78 is 1.85. The first-order valence-electron chi connectivity index (χ1n) is 7.04. The zero-order chi connectivity index (χ0) is 14.9. The number of hydrogen-bond acceptors (Lipinski definition) is 3. The van der Waals surface area contributed by atoms with Crippen molar-refractivity contribution in [2.24, 2.45) is 12.8 Å². The van der Waals surface area contributed by atoms with Crippen molar-refractivity contribution in [2.75, 3.05) is 6.54 Å². The molecule has 2 rings (SSSR count). The molecule has 0 fully saturated rings. The van der Waals surface area contributed by atoms with Crippen molar-refractivity contribution in [1.29, 1.82) is 0 Å². The molecular formula is C16H24N4. The van der Waals surface area contributed by atoms with Gasteiger partial charge in [0.1, 0.15) is 0 Å². The van der Waals surface area contributed by atoms with Crippen LogP contribution in [0.3, 0.4) is 0 Å². The largest absolute Gasteiger partial charge is 0.330 e. The van der Waals surface area contributed by atoms with Crippen LogP contribution < -0.4 is 5.73 Å². The summed E-state index contributed by atoms with van der Waals surface area (Å²) in [7, 11) is 1.94. The first-order valence-corrected chi connectivity index (χ1v) is 7.04. The van der Waals surface area contributed by atoms with Crippen molar-refractivity contribution < 1.29 is 0 Å². The lowest BCUT2D eigenvalue weighted by atomic mass is 9.85. The van der Waals surface area contributed by atoms with Crippen molar-refractivity contribution in [3.8, 4) is 11.4 Å². The van der Waals surface area contributed by atoms with Crippen molar-refractivity contribution in [2.45, 2.75) is 39.5 Å². The Kier molecular flexibility index (Phi) is 3.95. The number of nitrogens with zero attached hydrogens (tertiary/aromatic N) is 3. The van der Waals surface area contributed by atoms with Crippen LogP contribution in [-0.4, -0.2) is 21.3 Å². The molecule has 0 spiro atoms. The van der Waals surface area contributed by atoms with Crippen molar-refractivity contribution in [3.05, 3.63) is 35.2 Å². The molecule has 108 valence electrons. The van der Waals surface area contributed by atoms with Gasteiger partial charge in [0.2, 0.25) is 0 Å². The fraction of sp³-hybridized carbons (Fsp3) is 0.500. The lowest BCUT2D eigenvalue weighted by molar-refractivity contribution is 0.590. The molecule has 0 atom stereocenters. The van der Waals surface area contributed by atoms with Crippen molar-refractivity contribution >= 4 is 0 Å². The van der Waals surface area contributed by atoms with Gasteiger partial charge in [-0.1, -0.05) is 32.9 Å². The smallest absolute Gasteiger partial charge is 0.158 e. The maximum absolute atomic E-state index is 5.58. The summed E-state index contributed by atoms with van der Waals surface area (Å²) in [5, 5.41) is 4.44. The van der Waals surface area contributed by atoms with E-state index in [0.29, 0.717) is 13.0 Å². The van der Waals surface area contributed by atoms with E-state index < -0.39 is 0 Å². The van der Waals surface area contributed by atoms with E-state index in [1.165, 1.54) is 11.1 Å². The SMILES string of the molecule is Cc1ccc(C(C)(C)C)cc1-c1nc(CCN)nn1C. The molecule has 20 heavy (non-hydrogen) atoms. The van der Waals surface area contributed by atoms with Crippen LogP contribution in [-0.2, 0) is 18.9 Å². The topological polar surface area (TPSA) is 56.7 Å². The maximum Gasteiger partial charge on any atom is 0.158 e. The number of benzene rings is 1. The Labute approximate surface area is 121 Å². The Hall–Kier alpha value is -1.68. The van der Waals surface area contributed by atoms with Crippen LogP contribution in [0.25, 0.3) is 11.4 Å². The van der Waals surface area contributed by atoms with Gasteiger partial charge in [0.05, 0.1) is 0 Å². The highest BCUT2D eigenvalue weighted by atomic mass is 15.3. The first-order chi connectivity index (χ1) is 9.32. The van der Waals surface area contributed by atoms with Gasteiger partial charge in [-0.2, -0.15) is 5.10 Å². The fourth-order valence-electron chi connectivity index (χ4n) is 2.24. The van der Waals surface area contributed by atoms with Gasteiger partial charge in [-0.15, -0.1) is 0 Å². The minimum Gasteiger partial charge on any atom is -0.330 e. The van der Waals surface area contributed by atoms with Crippen LogP contribution in [0.4, 0.5) is 0 Å². The number of hydrogen-bond donors (Lipinski definition) is 1. The third kappa shape index (κ3) is 2.90. The Morgan fingerprint density at radius 3 is 2.55 bits per heavy atom. The molecule has 0 saturated carbocycles. The average molecular weight is 272 g/mol. The van der Waals surface area contributed by atoms with E-state index in [4.69, 9.17) is 5.73 Å². The van der Waals surface area contributed by atoms with Crippen LogP contribution in [0.2, 0.25) is 0 Å². The Morgan fingerprint density at radius 2 is 1.95 bits per heavy atom. The van der Waals surface area contributed by atoms with Crippen LogP contribution in [0.1, 0.15) is 37.7 Å². The van der Waals surface area contributed by atoms with Crippen LogP contribution >= 0.6 is 0 Å². The third-order valence-electron chi connectivity index (χ3n) is 3.52. The van der Waals surface area contributed by atoms with Gasteiger partial charge in [0.25, 0.3) is 0 Å². The summed E-state index contributed by atoms with van der Waals surface area (Å²) in [6.45, 7) is 9.34. The van der Waals surface area contributed by atoms with Crippen molar-refractivity contribution in [1.82, 2.24) is 14.8 Å². The summed E-state index contributed by atoms with van der Waals surface area (Å²) in [4.78, 5) is 4.63. The molecule has 0 aliphatic carbocycles. The highest BCUT2D eigenvalue weighted by molar-refractivity contribution is 5.62. The normalized spacial score (nSPS) is 11.9. The third-order valence-corrected chi connectivity index (χ3v) is 3.52. The summed E-state index contributed by atoms with van der Waals surface area (Å²) in [5.74, 6) is 1.72. The second kappa shape index (κ2) is 5.37. The van der Waals surface area contributed by atoms with Crippen LogP contribution in [0.15, 0.2) is 18.2 Å². The van der Waals surface area contributed by atoms with E-state index in [1.54, 1.807) is 0 Å². The predicted octanol–water partition coefficient (Wildman–Crippen LogP) is 2.59. The predicted molar refractivity (Wildman–Crippen MR) is 82.6 cm³/mol. The van der Waals surface area contributed by atoms with Crippen LogP contribution in [0.5, 0.6) is 0 Å². The quantitative estimate of drug-likeness (QED) is 0.934. The number of nitrogens with two attached hydrogens (primary N) is 1. The molecular weight excluding hydrogens is 248 g/mol. The molecule has 0 aliphatic rings. The lowest BCUT2D eigenvalue weighted by Crippen LogP contribution is -2.11. The van der Waals surface area contributed by atoms with E-state index >= 15 is 0 Å². The van der Waals surface area contributed by atoms with Gasteiger partial charge in [-0.05, 0) is 36.1 Å². The van der Waals surface area contributed by atoms with E-state index in [9.17, 15) is 0 Å². The number of rotatable bonds is 3. The molecule has 0 amide bonds. The molecule has 0 aliphatic heterocycles.